The first-order chi connectivity index (χ1) is 10.2. The van der Waals surface area contributed by atoms with Crippen LogP contribution in [0.3, 0.4) is 0 Å². The summed E-state index contributed by atoms with van der Waals surface area (Å²) in [5.41, 5.74) is 0.801. The standard InChI is InChI=1S/C16H23FN2O2/c1-2-19-15(13-7-14(17)10-18-9-13)12-3-5-21-16(8-12)4-6-20-11-16/h7,9-10,12,15,19H,2-6,8,11H2,1H3. The van der Waals surface area contributed by atoms with Crippen molar-refractivity contribution in [3.63, 3.8) is 0 Å². The van der Waals surface area contributed by atoms with Crippen LogP contribution in [0.25, 0.3) is 0 Å². The van der Waals surface area contributed by atoms with Gasteiger partial charge < -0.3 is 14.8 Å². The second-order valence-corrected chi connectivity index (χ2v) is 6.06. The lowest BCUT2D eigenvalue weighted by atomic mass is 9.79. The van der Waals surface area contributed by atoms with Gasteiger partial charge in [0.2, 0.25) is 0 Å². The van der Waals surface area contributed by atoms with Crippen LogP contribution in [0.2, 0.25) is 0 Å². The molecular weight excluding hydrogens is 271 g/mol. The normalized spacial score (nSPS) is 30.7. The van der Waals surface area contributed by atoms with Gasteiger partial charge in [-0.15, -0.1) is 0 Å². The van der Waals surface area contributed by atoms with E-state index in [1.807, 2.05) is 0 Å². The van der Waals surface area contributed by atoms with Crippen LogP contribution >= 0.6 is 0 Å². The van der Waals surface area contributed by atoms with Crippen LogP contribution in [-0.2, 0) is 9.47 Å². The molecule has 0 saturated carbocycles. The largest absolute Gasteiger partial charge is 0.378 e. The monoisotopic (exact) mass is 294 g/mol. The van der Waals surface area contributed by atoms with Gasteiger partial charge in [-0.25, -0.2) is 4.39 Å². The summed E-state index contributed by atoms with van der Waals surface area (Å²) in [5, 5.41) is 3.50. The summed E-state index contributed by atoms with van der Waals surface area (Å²) in [5.74, 6) is 0.144. The van der Waals surface area contributed by atoms with E-state index in [0.717, 1.165) is 44.6 Å². The third kappa shape index (κ3) is 3.25. The van der Waals surface area contributed by atoms with Crippen molar-refractivity contribution in [3.8, 4) is 0 Å². The highest BCUT2D eigenvalue weighted by Crippen LogP contribution is 2.40. The Morgan fingerprint density at radius 2 is 2.38 bits per heavy atom. The van der Waals surface area contributed by atoms with Crippen LogP contribution in [0.1, 0.15) is 37.8 Å². The predicted molar refractivity (Wildman–Crippen MR) is 77.5 cm³/mol. The topological polar surface area (TPSA) is 43.4 Å². The van der Waals surface area contributed by atoms with Crippen molar-refractivity contribution in [1.82, 2.24) is 10.3 Å². The van der Waals surface area contributed by atoms with Crippen molar-refractivity contribution in [1.29, 1.82) is 0 Å². The predicted octanol–water partition coefficient (Wildman–Crippen LogP) is 2.46. The van der Waals surface area contributed by atoms with E-state index < -0.39 is 0 Å². The van der Waals surface area contributed by atoms with E-state index in [9.17, 15) is 4.39 Å². The summed E-state index contributed by atoms with van der Waals surface area (Å²) in [4.78, 5) is 4.00. The molecule has 0 aliphatic carbocycles. The molecule has 1 spiro atoms. The Morgan fingerprint density at radius 3 is 3.10 bits per heavy atom. The molecule has 2 saturated heterocycles. The van der Waals surface area contributed by atoms with E-state index in [1.54, 1.807) is 12.3 Å². The third-order valence-corrected chi connectivity index (χ3v) is 4.58. The Labute approximate surface area is 125 Å². The van der Waals surface area contributed by atoms with Crippen molar-refractivity contribution >= 4 is 0 Å². The third-order valence-electron chi connectivity index (χ3n) is 4.58. The summed E-state index contributed by atoms with van der Waals surface area (Å²) < 4.78 is 25.0. The molecule has 116 valence electrons. The Balaban J connectivity index is 1.80. The fraction of sp³-hybridized carbons (Fsp3) is 0.688. The number of halogens is 1. The molecule has 4 nitrogen and oxygen atoms in total. The molecule has 1 aromatic rings. The highest BCUT2D eigenvalue weighted by molar-refractivity contribution is 5.17. The van der Waals surface area contributed by atoms with Gasteiger partial charge in [0.1, 0.15) is 5.82 Å². The summed E-state index contributed by atoms with van der Waals surface area (Å²) >= 11 is 0. The second kappa shape index (κ2) is 6.38. The van der Waals surface area contributed by atoms with Crippen LogP contribution in [0.15, 0.2) is 18.5 Å². The van der Waals surface area contributed by atoms with Crippen molar-refractivity contribution in [2.24, 2.45) is 5.92 Å². The fourth-order valence-corrected chi connectivity index (χ4v) is 3.59. The molecule has 0 aromatic carbocycles. The van der Waals surface area contributed by atoms with Gasteiger partial charge in [-0.05, 0) is 36.9 Å². The van der Waals surface area contributed by atoms with Crippen LogP contribution in [0.5, 0.6) is 0 Å². The Bertz CT molecular complexity index is 477. The molecule has 0 amide bonds. The number of aromatic nitrogens is 1. The Morgan fingerprint density at radius 1 is 1.48 bits per heavy atom. The van der Waals surface area contributed by atoms with E-state index in [-0.39, 0.29) is 17.5 Å². The highest BCUT2D eigenvalue weighted by atomic mass is 19.1. The zero-order valence-electron chi connectivity index (χ0n) is 12.5. The highest BCUT2D eigenvalue weighted by Gasteiger charge is 2.43. The molecular formula is C16H23FN2O2. The summed E-state index contributed by atoms with van der Waals surface area (Å²) in [6, 6.07) is 1.72. The minimum atomic E-state index is -0.277. The van der Waals surface area contributed by atoms with Gasteiger partial charge in [0, 0.05) is 31.9 Å². The minimum absolute atomic E-state index is 0.125. The van der Waals surface area contributed by atoms with Crippen LogP contribution in [0, 0.1) is 11.7 Å². The quantitative estimate of drug-likeness (QED) is 0.926. The van der Waals surface area contributed by atoms with Crippen LogP contribution < -0.4 is 5.32 Å². The lowest BCUT2D eigenvalue weighted by molar-refractivity contribution is -0.103. The number of rotatable bonds is 4. The van der Waals surface area contributed by atoms with Gasteiger partial charge >= 0.3 is 0 Å². The van der Waals surface area contributed by atoms with E-state index in [1.165, 1.54) is 6.20 Å². The molecule has 3 heterocycles. The number of ether oxygens (including phenoxy) is 2. The molecule has 2 aliphatic heterocycles. The average Bonchev–Trinajstić information content (AvgIpc) is 2.92. The molecule has 1 N–H and O–H groups in total. The second-order valence-electron chi connectivity index (χ2n) is 6.06. The van der Waals surface area contributed by atoms with Gasteiger partial charge in [0.05, 0.1) is 18.4 Å². The van der Waals surface area contributed by atoms with Gasteiger partial charge in [0.25, 0.3) is 0 Å². The van der Waals surface area contributed by atoms with E-state index >= 15 is 0 Å². The lowest BCUT2D eigenvalue weighted by Gasteiger charge is -2.40. The Kier molecular flexibility index (Phi) is 4.52. The molecule has 3 unspecified atom stereocenters. The fourth-order valence-electron chi connectivity index (χ4n) is 3.59. The van der Waals surface area contributed by atoms with Crippen molar-refractivity contribution in [2.45, 2.75) is 37.8 Å². The number of pyridine rings is 1. The molecule has 0 radical (unpaired) electrons. The maximum absolute atomic E-state index is 13.5. The molecule has 21 heavy (non-hydrogen) atoms. The van der Waals surface area contributed by atoms with E-state index in [0.29, 0.717) is 12.5 Å². The zero-order valence-corrected chi connectivity index (χ0v) is 12.5. The van der Waals surface area contributed by atoms with Crippen LogP contribution in [0.4, 0.5) is 4.39 Å². The van der Waals surface area contributed by atoms with Crippen LogP contribution in [-0.4, -0.2) is 37.0 Å². The summed E-state index contributed by atoms with van der Waals surface area (Å²) in [6.07, 6.45) is 5.92. The minimum Gasteiger partial charge on any atom is -0.378 e. The lowest BCUT2D eigenvalue weighted by Crippen LogP contribution is -2.44. The molecule has 2 aliphatic rings. The molecule has 3 rings (SSSR count). The first-order valence-electron chi connectivity index (χ1n) is 7.78. The molecule has 3 atom stereocenters. The van der Waals surface area contributed by atoms with Gasteiger partial charge in [0.15, 0.2) is 0 Å². The zero-order chi connectivity index (χ0) is 14.7. The number of nitrogens with one attached hydrogen (secondary N) is 1. The molecule has 2 fully saturated rings. The van der Waals surface area contributed by atoms with E-state index in [2.05, 4.69) is 17.2 Å². The summed E-state index contributed by atoms with van der Waals surface area (Å²) in [7, 11) is 0. The van der Waals surface area contributed by atoms with Crippen molar-refractivity contribution < 1.29 is 13.9 Å². The number of hydrogen-bond donors (Lipinski definition) is 1. The average molecular weight is 294 g/mol. The number of hydrogen-bond acceptors (Lipinski definition) is 4. The maximum atomic E-state index is 13.5. The smallest absolute Gasteiger partial charge is 0.141 e. The van der Waals surface area contributed by atoms with Gasteiger partial charge in [-0.3, -0.25) is 4.98 Å². The van der Waals surface area contributed by atoms with Crippen molar-refractivity contribution in [3.05, 3.63) is 29.8 Å². The maximum Gasteiger partial charge on any atom is 0.141 e. The van der Waals surface area contributed by atoms with E-state index in [4.69, 9.17) is 9.47 Å². The first kappa shape index (κ1) is 14.9. The molecule has 0 bridgehead atoms. The molecule has 1 aromatic heterocycles. The van der Waals surface area contributed by atoms with Gasteiger partial charge in [-0.2, -0.15) is 0 Å². The SMILES string of the molecule is CCNC(c1cncc(F)c1)C1CCOC2(CCOC2)C1. The summed E-state index contributed by atoms with van der Waals surface area (Å²) in [6.45, 7) is 5.14. The first-order valence-corrected chi connectivity index (χ1v) is 7.78. The Hall–Kier alpha value is -1.04. The number of nitrogens with zero attached hydrogens (tertiary/aromatic N) is 1. The van der Waals surface area contributed by atoms with Crippen molar-refractivity contribution in [2.75, 3.05) is 26.4 Å². The molecule has 5 heteroatoms. The van der Waals surface area contributed by atoms with Gasteiger partial charge in [-0.1, -0.05) is 6.92 Å².